The maximum Gasteiger partial charge on any atom is 0.251 e. The Balaban J connectivity index is 1.91. The van der Waals surface area contributed by atoms with E-state index in [4.69, 9.17) is 4.74 Å². The van der Waals surface area contributed by atoms with Gasteiger partial charge in [-0.05, 0) is 55.7 Å². The second kappa shape index (κ2) is 10.7. The second-order valence-corrected chi connectivity index (χ2v) is 8.44. The molecule has 156 valence electrons. The van der Waals surface area contributed by atoms with Crippen LogP contribution in [0.4, 0.5) is 5.69 Å². The summed E-state index contributed by atoms with van der Waals surface area (Å²) in [6.07, 6.45) is 4.25. The number of rotatable bonds is 11. The van der Waals surface area contributed by atoms with Crippen LogP contribution in [0, 0.1) is 0 Å². The molecule has 0 unspecified atom stereocenters. The Morgan fingerprint density at radius 1 is 1.17 bits per heavy atom. The maximum absolute atomic E-state index is 12.3. The van der Waals surface area contributed by atoms with Crippen molar-refractivity contribution >= 4 is 21.6 Å². The molecule has 1 N–H and O–H groups in total. The molecule has 6 nitrogen and oxygen atoms in total. The number of aryl methyl sites for hydroxylation is 1. The van der Waals surface area contributed by atoms with Crippen LogP contribution in [0.1, 0.15) is 29.3 Å². The highest BCUT2D eigenvalue weighted by Gasteiger charge is 2.16. The molecule has 0 heterocycles. The van der Waals surface area contributed by atoms with Gasteiger partial charge in [-0.15, -0.1) is 6.58 Å². The van der Waals surface area contributed by atoms with Gasteiger partial charge in [0, 0.05) is 12.1 Å². The number of anilines is 1. The minimum absolute atomic E-state index is 0.174. The summed E-state index contributed by atoms with van der Waals surface area (Å²) in [5.41, 5.74) is 2.10. The first-order valence-corrected chi connectivity index (χ1v) is 11.4. The van der Waals surface area contributed by atoms with Gasteiger partial charge in [-0.2, -0.15) is 0 Å². The van der Waals surface area contributed by atoms with Gasteiger partial charge in [0.1, 0.15) is 5.75 Å². The number of hydrogen-bond donors (Lipinski definition) is 1. The van der Waals surface area contributed by atoms with E-state index in [0.29, 0.717) is 24.4 Å². The Morgan fingerprint density at radius 3 is 2.48 bits per heavy atom. The molecule has 0 fully saturated rings. The van der Waals surface area contributed by atoms with E-state index in [1.807, 2.05) is 31.2 Å². The van der Waals surface area contributed by atoms with Crippen LogP contribution in [0.25, 0.3) is 0 Å². The molecule has 0 aliphatic carbocycles. The fourth-order valence-electron chi connectivity index (χ4n) is 2.92. The van der Waals surface area contributed by atoms with E-state index in [-0.39, 0.29) is 12.5 Å². The molecule has 2 rings (SSSR count). The fourth-order valence-corrected chi connectivity index (χ4v) is 3.80. The van der Waals surface area contributed by atoms with Gasteiger partial charge in [0.15, 0.2) is 0 Å². The zero-order chi connectivity index (χ0) is 21.3. The van der Waals surface area contributed by atoms with E-state index in [0.717, 1.165) is 30.4 Å². The molecule has 0 aliphatic heterocycles. The first kappa shape index (κ1) is 22.5. The Kier molecular flexibility index (Phi) is 8.27. The van der Waals surface area contributed by atoms with E-state index in [9.17, 15) is 13.2 Å². The summed E-state index contributed by atoms with van der Waals surface area (Å²) < 4.78 is 30.6. The third-order valence-electron chi connectivity index (χ3n) is 4.29. The molecule has 0 saturated carbocycles. The van der Waals surface area contributed by atoms with Crippen molar-refractivity contribution in [2.45, 2.75) is 19.8 Å². The monoisotopic (exact) mass is 416 g/mol. The molecule has 0 bridgehead atoms. The molecular weight excluding hydrogens is 388 g/mol. The lowest BCUT2D eigenvalue weighted by molar-refractivity contribution is 0.0953. The lowest BCUT2D eigenvalue weighted by Gasteiger charge is -2.20. The number of nitrogens with zero attached hydrogens (tertiary/aromatic N) is 1. The summed E-state index contributed by atoms with van der Waals surface area (Å²) in [4.78, 5) is 12.3. The Labute approximate surface area is 173 Å². The second-order valence-electron chi connectivity index (χ2n) is 6.53. The number of ether oxygens (including phenoxy) is 1. The number of sulfonamides is 1. The quantitative estimate of drug-likeness (QED) is 0.450. The third kappa shape index (κ3) is 6.64. The number of carbonyl (C=O) groups is 1. The number of benzene rings is 2. The Bertz CT molecular complexity index is 924. The highest BCUT2D eigenvalue weighted by molar-refractivity contribution is 7.92. The van der Waals surface area contributed by atoms with Gasteiger partial charge in [-0.25, -0.2) is 8.42 Å². The molecule has 29 heavy (non-hydrogen) atoms. The maximum atomic E-state index is 12.3. The molecule has 1 amide bonds. The molecule has 0 atom stereocenters. The van der Waals surface area contributed by atoms with Crippen LogP contribution in [-0.2, 0) is 16.4 Å². The first-order valence-electron chi connectivity index (χ1n) is 9.54. The van der Waals surface area contributed by atoms with Gasteiger partial charge in [0.25, 0.3) is 5.91 Å². The topological polar surface area (TPSA) is 75.7 Å². The Morgan fingerprint density at radius 2 is 1.86 bits per heavy atom. The van der Waals surface area contributed by atoms with E-state index in [1.165, 1.54) is 10.4 Å². The molecule has 0 aliphatic rings. The summed E-state index contributed by atoms with van der Waals surface area (Å²) in [6, 6.07) is 14.4. The van der Waals surface area contributed by atoms with Crippen LogP contribution in [0.5, 0.6) is 5.75 Å². The van der Waals surface area contributed by atoms with Gasteiger partial charge >= 0.3 is 0 Å². The average Bonchev–Trinajstić information content (AvgIpc) is 2.70. The van der Waals surface area contributed by atoms with Gasteiger partial charge < -0.3 is 10.1 Å². The van der Waals surface area contributed by atoms with Crippen molar-refractivity contribution < 1.29 is 17.9 Å². The summed E-state index contributed by atoms with van der Waals surface area (Å²) in [7, 11) is -3.41. The van der Waals surface area contributed by atoms with Gasteiger partial charge in [-0.3, -0.25) is 9.10 Å². The van der Waals surface area contributed by atoms with Crippen molar-refractivity contribution in [3.63, 3.8) is 0 Å². The molecule has 2 aromatic rings. The molecule has 0 radical (unpaired) electrons. The van der Waals surface area contributed by atoms with Crippen LogP contribution in [0.2, 0.25) is 0 Å². The minimum atomic E-state index is -3.41. The highest BCUT2D eigenvalue weighted by atomic mass is 32.2. The van der Waals surface area contributed by atoms with E-state index in [2.05, 4.69) is 11.9 Å². The van der Waals surface area contributed by atoms with Crippen LogP contribution in [0.3, 0.4) is 0 Å². The van der Waals surface area contributed by atoms with Crippen molar-refractivity contribution in [2.24, 2.45) is 0 Å². The van der Waals surface area contributed by atoms with E-state index >= 15 is 0 Å². The van der Waals surface area contributed by atoms with Crippen molar-refractivity contribution in [2.75, 3.05) is 30.3 Å². The minimum Gasteiger partial charge on any atom is -0.494 e. The van der Waals surface area contributed by atoms with Crippen molar-refractivity contribution in [1.82, 2.24) is 5.32 Å². The van der Waals surface area contributed by atoms with Gasteiger partial charge in [0.05, 0.1) is 25.1 Å². The number of para-hydroxylation sites is 1. The summed E-state index contributed by atoms with van der Waals surface area (Å²) in [6.45, 7) is 6.87. The molecule has 0 spiro atoms. The largest absolute Gasteiger partial charge is 0.494 e. The summed E-state index contributed by atoms with van der Waals surface area (Å²) in [5.74, 6) is 0.691. The number of carbonyl (C=O) groups excluding carboxylic acids is 1. The lowest BCUT2D eigenvalue weighted by atomic mass is 10.1. The van der Waals surface area contributed by atoms with Crippen LogP contribution >= 0.6 is 0 Å². The highest BCUT2D eigenvalue weighted by Crippen LogP contribution is 2.20. The SMILES string of the molecule is C=CCN(c1ccc(C(=O)NCCCc2ccccc2OCC)cc1)S(C)(=O)=O. The predicted octanol–water partition coefficient (Wildman–Crippen LogP) is 3.40. The molecular formula is C22H28N2O4S. The zero-order valence-electron chi connectivity index (χ0n) is 16.9. The summed E-state index contributed by atoms with van der Waals surface area (Å²) >= 11 is 0. The molecule has 0 saturated heterocycles. The number of nitrogens with one attached hydrogen (secondary N) is 1. The van der Waals surface area contributed by atoms with E-state index < -0.39 is 10.0 Å². The molecule has 7 heteroatoms. The van der Waals surface area contributed by atoms with Gasteiger partial charge in [-0.1, -0.05) is 24.3 Å². The smallest absolute Gasteiger partial charge is 0.251 e. The normalized spacial score (nSPS) is 11.0. The number of amides is 1. The van der Waals surface area contributed by atoms with Gasteiger partial charge in [0.2, 0.25) is 10.0 Å². The lowest BCUT2D eigenvalue weighted by Crippen LogP contribution is -2.30. The average molecular weight is 417 g/mol. The van der Waals surface area contributed by atoms with Crippen LogP contribution in [0.15, 0.2) is 61.2 Å². The predicted molar refractivity (Wildman–Crippen MR) is 117 cm³/mol. The van der Waals surface area contributed by atoms with Crippen molar-refractivity contribution in [3.05, 3.63) is 72.3 Å². The Hall–Kier alpha value is -2.80. The standard InChI is InChI=1S/C22H28N2O4S/c1-4-17-24(29(3,26)27)20-14-12-19(13-15-20)22(25)23-16-8-10-18-9-6-7-11-21(18)28-5-2/h4,6-7,9,11-15H,1,5,8,10,16-17H2,2-3H3,(H,23,25). The zero-order valence-corrected chi connectivity index (χ0v) is 17.7. The van der Waals surface area contributed by atoms with Crippen molar-refractivity contribution in [3.8, 4) is 5.75 Å². The van der Waals surface area contributed by atoms with E-state index in [1.54, 1.807) is 24.3 Å². The van der Waals surface area contributed by atoms with Crippen LogP contribution in [-0.4, -0.2) is 40.3 Å². The van der Waals surface area contributed by atoms with Crippen molar-refractivity contribution in [1.29, 1.82) is 0 Å². The van der Waals surface area contributed by atoms with Crippen LogP contribution < -0.4 is 14.4 Å². The summed E-state index contributed by atoms with van der Waals surface area (Å²) in [5, 5.41) is 2.90. The fraction of sp³-hybridized carbons (Fsp3) is 0.318. The molecule has 2 aromatic carbocycles. The molecule has 0 aromatic heterocycles. The number of hydrogen-bond acceptors (Lipinski definition) is 4. The third-order valence-corrected chi connectivity index (χ3v) is 5.45. The first-order chi connectivity index (χ1) is 13.9.